The van der Waals surface area contributed by atoms with Crippen molar-refractivity contribution in [3.63, 3.8) is 0 Å². The van der Waals surface area contributed by atoms with Crippen LogP contribution < -0.4 is 14.2 Å². The number of thiazole rings is 1. The van der Waals surface area contributed by atoms with Crippen LogP contribution in [0.2, 0.25) is 0 Å². The van der Waals surface area contributed by atoms with Gasteiger partial charge in [0.1, 0.15) is 24.0 Å². The Labute approximate surface area is 208 Å². The number of likely N-dealkylation sites (tertiary alicyclic amines) is 1. The van der Waals surface area contributed by atoms with Gasteiger partial charge < -0.3 is 19.1 Å². The quantitative estimate of drug-likeness (QED) is 0.447. The molecule has 1 amide bonds. The van der Waals surface area contributed by atoms with Crippen LogP contribution in [0, 0.1) is 5.92 Å². The van der Waals surface area contributed by atoms with E-state index in [2.05, 4.69) is 4.98 Å². The van der Waals surface area contributed by atoms with Crippen molar-refractivity contribution in [2.75, 3.05) is 32.9 Å². The van der Waals surface area contributed by atoms with Crippen molar-refractivity contribution in [1.29, 1.82) is 0 Å². The smallest absolute Gasteiger partial charge is 0.228 e. The largest absolute Gasteiger partial charge is 0.494 e. The second-order valence-corrected chi connectivity index (χ2v) is 9.51. The average molecular weight is 493 g/mol. The molecule has 2 aliphatic heterocycles. The molecule has 1 saturated heterocycles. The van der Waals surface area contributed by atoms with Gasteiger partial charge in [0.25, 0.3) is 0 Å². The van der Waals surface area contributed by atoms with Crippen LogP contribution >= 0.6 is 11.3 Å². The molecule has 3 aromatic rings. The van der Waals surface area contributed by atoms with E-state index in [1.807, 2.05) is 41.5 Å². The zero-order valence-electron chi connectivity index (χ0n) is 19.7. The van der Waals surface area contributed by atoms with Crippen LogP contribution in [-0.4, -0.2) is 54.5 Å². The first kappa shape index (κ1) is 23.4. The highest BCUT2D eigenvalue weighted by molar-refractivity contribution is 7.13. The molecular weight excluding hydrogens is 464 g/mol. The fourth-order valence-electron chi connectivity index (χ4n) is 4.47. The number of ketones is 1. The van der Waals surface area contributed by atoms with Gasteiger partial charge in [0.15, 0.2) is 17.3 Å². The summed E-state index contributed by atoms with van der Waals surface area (Å²) in [5.74, 6) is 2.21. The number of carbonyl (C=O) groups is 2. The van der Waals surface area contributed by atoms with Crippen molar-refractivity contribution < 1.29 is 23.8 Å². The van der Waals surface area contributed by atoms with Gasteiger partial charge in [-0.3, -0.25) is 9.59 Å². The van der Waals surface area contributed by atoms with E-state index in [1.54, 1.807) is 18.2 Å². The zero-order valence-corrected chi connectivity index (χ0v) is 20.5. The van der Waals surface area contributed by atoms with Gasteiger partial charge in [-0.2, -0.15) is 0 Å². The third kappa shape index (κ3) is 5.32. The molecule has 2 aliphatic rings. The first-order chi connectivity index (χ1) is 17.1. The molecule has 35 heavy (non-hydrogen) atoms. The van der Waals surface area contributed by atoms with Gasteiger partial charge in [-0.15, -0.1) is 11.3 Å². The summed E-state index contributed by atoms with van der Waals surface area (Å²) in [6.07, 6.45) is 1.59. The van der Waals surface area contributed by atoms with E-state index in [-0.39, 0.29) is 24.0 Å². The van der Waals surface area contributed by atoms with Gasteiger partial charge in [-0.1, -0.05) is 0 Å². The Morgan fingerprint density at radius 3 is 2.54 bits per heavy atom. The molecular formula is C27H28N2O5S. The maximum Gasteiger partial charge on any atom is 0.228 e. The summed E-state index contributed by atoms with van der Waals surface area (Å²) >= 11 is 1.54. The Hall–Kier alpha value is -3.39. The van der Waals surface area contributed by atoms with Crippen LogP contribution in [-0.2, 0) is 11.2 Å². The number of hydrogen-bond donors (Lipinski definition) is 0. The number of nitrogens with zero attached hydrogens (tertiary/aromatic N) is 2. The normalized spacial score (nSPS) is 15.6. The van der Waals surface area contributed by atoms with Crippen LogP contribution in [0.25, 0.3) is 10.6 Å². The summed E-state index contributed by atoms with van der Waals surface area (Å²) in [6, 6.07) is 13.2. The predicted octanol–water partition coefficient (Wildman–Crippen LogP) is 4.64. The molecule has 0 atom stereocenters. The van der Waals surface area contributed by atoms with Crippen LogP contribution in [0.5, 0.6) is 17.2 Å². The highest BCUT2D eigenvalue weighted by Crippen LogP contribution is 2.33. The SMILES string of the molecule is CCOc1ccc(-c2nc(CC(=O)N3CCC(C(=O)c4ccc5c(c4)OCCO5)CC3)cs2)cc1. The fraction of sp³-hybridized carbons (Fsp3) is 0.370. The van der Waals surface area contributed by atoms with Gasteiger partial charge in [-0.25, -0.2) is 4.98 Å². The number of hydrogen-bond acceptors (Lipinski definition) is 7. The van der Waals surface area contributed by atoms with Crippen molar-refractivity contribution in [2.45, 2.75) is 26.2 Å². The second-order valence-electron chi connectivity index (χ2n) is 8.66. The van der Waals surface area contributed by atoms with Crippen molar-refractivity contribution in [3.8, 4) is 27.8 Å². The third-order valence-electron chi connectivity index (χ3n) is 6.34. The summed E-state index contributed by atoms with van der Waals surface area (Å²) in [5, 5.41) is 2.83. The van der Waals surface area contributed by atoms with E-state index >= 15 is 0 Å². The average Bonchev–Trinajstić information content (AvgIpc) is 3.37. The minimum atomic E-state index is -0.0906. The number of rotatable bonds is 7. The number of aromatic nitrogens is 1. The Morgan fingerprint density at radius 1 is 1.06 bits per heavy atom. The van der Waals surface area contributed by atoms with Crippen LogP contribution in [0.1, 0.15) is 35.8 Å². The summed E-state index contributed by atoms with van der Waals surface area (Å²) in [4.78, 5) is 32.4. The van der Waals surface area contributed by atoms with E-state index in [0.29, 0.717) is 62.8 Å². The molecule has 182 valence electrons. The van der Waals surface area contributed by atoms with Crippen molar-refractivity contribution in [3.05, 3.63) is 59.1 Å². The highest BCUT2D eigenvalue weighted by atomic mass is 32.1. The molecule has 7 nitrogen and oxygen atoms in total. The first-order valence-electron chi connectivity index (χ1n) is 12.0. The van der Waals surface area contributed by atoms with E-state index in [0.717, 1.165) is 22.0 Å². The fourth-order valence-corrected chi connectivity index (χ4v) is 5.30. The molecule has 0 bridgehead atoms. The number of piperidine rings is 1. The molecule has 5 rings (SSSR count). The van der Waals surface area contributed by atoms with E-state index in [9.17, 15) is 9.59 Å². The number of fused-ring (bicyclic) bond motifs is 1. The Kier molecular flexibility index (Phi) is 6.99. The first-order valence-corrected chi connectivity index (χ1v) is 12.9. The number of benzene rings is 2. The standard InChI is InChI=1S/C27H28N2O5S/c1-2-32-22-6-3-19(4-7-22)27-28-21(17-35-27)16-25(30)29-11-9-18(10-12-29)26(31)20-5-8-23-24(15-20)34-14-13-33-23/h3-8,15,17-18H,2,9-14,16H2,1H3. The number of Topliss-reactive ketones (excluding diaryl/α,β-unsaturated/α-hetero) is 1. The van der Waals surface area contributed by atoms with Crippen molar-refractivity contribution in [1.82, 2.24) is 9.88 Å². The van der Waals surface area contributed by atoms with Crippen molar-refractivity contribution >= 4 is 23.0 Å². The van der Waals surface area contributed by atoms with Crippen molar-refractivity contribution in [2.24, 2.45) is 5.92 Å². The zero-order chi connectivity index (χ0) is 24.2. The highest BCUT2D eigenvalue weighted by Gasteiger charge is 2.29. The predicted molar refractivity (Wildman–Crippen MR) is 133 cm³/mol. The molecule has 0 spiro atoms. The summed E-state index contributed by atoms with van der Waals surface area (Å²) in [5.41, 5.74) is 2.43. The maximum atomic E-state index is 13.0. The summed E-state index contributed by atoms with van der Waals surface area (Å²) in [7, 11) is 0. The monoisotopic (exact) mass is 492 g/mol. The molecule has 0 aliphatic carbocycles. The van der Waals surface area contributed by atoms with Gasteiger partial charge in [0, 0.05) is 35.5 Å². The minimum Gasteiger partial charge on any atom is -0.494 e. The Bertz CT molecular complexity index is 1200. The molecule has 0 unspecified atom stereocenters. The number of carbonyl (C=O) groups excluding carboxylic acids is 2. The minimum absolute atomic E-state index is 0.0544. The lowest BCUT2D eigenvalue weighted by atomic mass is 9.88. The molecule has 2 aromatic carbocycles. The molecule has 8 heteroatoms. The molecule has 3 heterocycles. The Morgan fingerprint density at radius 2 is 1.80 bits per heavy atom. The van der Waals surface area contributed by atoms with E-state index < -0.39 is 0 Å². The number of ether oxygens (including phenoxy) is 3. The van der Waals surface area contributed by atoms with Crippen LogP contribution in [0.15, 0.2) is 47.8 Å². The topological polar surface area (TPSA) is 78.0 Å². The van der Waals surface area contributed by atoms with E-state index in [1.165, 1.54) is 11.3 Å². The lowest BCUT2D eigenvalue weighted by Gasteiger charge is -2.31. The molecule has 0 N–H and O–H groups in total. The molecule has 0 radical (unpaired) electrons. The van der Waals surface area contributed by atoms with Gasteiger partial charge >= 0.3 is 0 Å². The lowest BCUT2D eigenvalue weighted by Crippen LogP contribution is -2.41. The summed E-state index contributed by atoms with van der Waals surface area (Å²) in [6.45, 7) is 4.76. The Balaban J connectivity index is 1.14. The molecule has 1 aromatic heterocycles. The lowest BCUT2D eigenvalue weighted by molar-refractivity contribution is -0.131. The third-order valence-corrected chi connectivity index (χ3v) is 7.28. The number of amides is 1. The van der Waals surface area contributed by atoms with E-state index in [4.69, 9.17) is 14.2 Å². The molecule has 1 fully saturated rings. The molecule has 0 saturated carbocycles. The van der Waals surface area contributed by atoms with Gasteiger partial charge in [-0.05, 0) is 62.2 Å². The summed E-state index contributed by atoms with van der Waals surface area (Å²) < 4.78 is 16.6. The van der Waals surface area contributed by atoms with Crippen LogP contribution in [0.3, 0.4) is 0 Å². The maximum absolute atomic E-state index is 13.0. The second kappa shape index (κ2) is 10.5. The van der Waals surface area contributed by atoms with Gasteiger partial charge in [0.05, 0.1) is 18.7 Å². The van der Waals surface area contributed by atoms with Crippen LogP contribution in [0.4, 0.5) is 0 Å². The van der Waals surface area contributed by atoms with Gasteiger partial charge in [0.2, 0.25) is 5.91 Å².